The zero-order chi connectivity index (χ0) is 28.1. The number of methoxy groups -OCH3 is 1. The van der Waals surface area contributed by atoms with Gasteiger partial charge in [-0.05, 0) is 33.3 Å². The first-order valence-electron chi connectivity index (χ1n) is 13.6. The monoisotopic (exact) mass is 542 g/mol. The molecule has 0 aliphatic rings. The van der Waals surface area contributed by atoms with Crippen LogP contribution >= 0.6 is 0 Å². The summed E-state index contributed by atoms with van der Waals surface area (Å²) in [6.45, 7) is 10.1. The number of carbonyl (C=O) groups excluding carboxylic acids is 1. The van der Waals surface area contributed by atoms with E-state index in [9.17, 15) is 4.79 Å². The first-order valence-corrected chi connectivity index (χ1v) is 15.5. The standard InChI is InChI=1S/C34H42O4Si/c1-28(24-25-30(18-15-23-33(35)36-5)37-27-29-16-9-6-10-17-29)26-38-39(34(2,3)4,31-19-11-7-12-20-31)32-21-13-8-14-22-32/h6-17,19-25,28,30H,18,26-27H2,1-5H3/b23-15+,25-24+/t28-,30-/m0/s1. The van der Waals surface area contributed by atoms with Gasteiger partial charge in [-0.25, -0.2) is 4.79 Å². The molecule has 2 atom stereocenters. The van der Waals surface area contributed by atoms with Crippen LogP contribution in [-0.4, -0.2) is 34.1 Å². The van der Waals surface area contributed by atoms with Crippen LogP contribution in [0.4, 0.5) is 0 Å². The molecule has 0 saturated carbocycles. The minimum absolute atomic E-state index is 0.0703. The fraction of sp³-hybridized carbons (Fsp3) is 0.324. The van der Waals surface area contributed by atoms with Crippen LogP contribution in [0.5, 0.6) is 0 Å². The zero-order valence-electron chi connectivity index (χ0n) is 23.9. The minimum Gasteiger partial charge on any atom is -0.466 e. The van der Waals surface area contributed by atoms with E-state index in [1.54, 1.807) is 6.08 Å². The summed E-state index contributed by atoms with van der Waals surface area (Å²) in [5.74, 6) is -0.202. The molecule has 39 heavy (non-hydrogen) atoms. The molecule has 0 aliphatic heterocycles. The second-order valence-electron chi connectivity index (χ2n) is 10.8. The summed E-state index contributed by atoms with van der Waals surface area (Å²) >= 11 is 0. The van der Waals surface area contributed by atoms with Crippen LogP contribution in [0.3, 0.4) is 0 Å². The van der Waals surface area contributed by atoms with Gasteiger partial charge in [-0.3, -0.25) is 0 Å². The van der Waals surface area contributed by atoms with Gasteiger partial charge in [0.25, 0.3) is 8.32 Å². The summed E-state index contributed by atoms with van der Waals surface area (Å²) in [7, 11) is -1.21. The number of hydrogen-bond donors (Lipinski definition) is 0. The highest BCUT2D eigenvalue weighted by molar-refractivity contribution is 6.99. The van der Waals surface area contributed by atoms with Crippen molar-refractivity contribution in [2.45, 2.75) is 51.9 Å². The summed E-state index contributed by atoms with van der Waals surface area (Å²) in [6.07, 6.45) is 7.89. The van der Waals surface area contributed by atoms with Crippen LogP contribution in [0.15, 0.2) is 115 Å². The summed E-state index contributed by atoms with van der Waals surface area (Å²) in [6, 6.07) is 31.5. The lowest BCUT2D eigenvalue weighted by molar-refractivity contribution is -0.134. The van der Waals surface area contributed by atoms with E-state index in [1.165, 1.54) is 23.6 Å². The molecule has 206 valence electrons. The topological polar surface area (TPSA) is 44.8 Å². The lowest BCUT2D eigenvalue weighted by atomic mass is 10.1. The third kappa shape index (κ3) is 8.62. The van der Waals surface area contributed by atoms with Gasteiger partial charge in [0.2, 0.25) is 0 Å². The number of hydrogen-bond acceptors (Lipinski definition) is 4. The summed E-state index contributed by atoms with van der Waals surface area (Å²) in [5, 5.41) is 2.48. The summed E-state index contributed by atoms with van der Waals surface area (Å²) in [4.78, 5) is 11.6. The summed E-state index contributed by atoms with van der Waals surface area (Å²) < 4.78 is 18.0. The maximum Gasteiger partial charge on any atom is 0.330 e. The lowest BCUT2D eigenvalue weighted by Gasteiger charge is -2.43. The Morgan fingerprint density at radius 2 is 1.38 bits per heavy atom. The van der Waals surface area contributed by atoms with Crippen molar-refractivity contribution in [2.24, 2.45) is 5.92 Å². The van der Waals surface area contributed by atoms with E-state index in [0.717, 1.165) is 5.56 Å². The molecule has 0 radical (unpaired) electrons. The average Bonchev–Trinajstić information content (AvgIpc) is 2.95. The molecule has 0 saturated heterocycles. The van der Waals surface area contributed by atoms with Gasteiger partial charge in [0.1, 0.15) is 0 Å². The van der Waals surface area contributed by atoms with Gasteiger partial charge < -0.3 is 13.9 Å². The Kier molecular flexibility index (Phi) is 11.5. The number of ether oxygens (including phenoxy) is 2. The third-order valence-corrected chi connectivity index (χ3v) is 11.8. The second-order valence-corrected chi connectivity index (χ2v) is 15.1. The second kappa shape index (κ2) is 14.8. The van der Waals surface area contributed by atoms with E-state index in [4.69, 9.17) is 13.9 Å². The highest BCUT2D eigenvalue weighted by Crippen LogP contribution is 2.37. The van der Waals surface area contributed by atoms with E-state index in [-0.39, 0.29) is 23.0 Å². The van der Waals surface area contributed by atoms with E-state index >= 15 is 0 Å². The summed E-state index contributed by atoms with van der Waals surface area (Å²) in [5.41, 5.74) is 1.11. The van der Waals surface area contributed by atoms with Crippen molar-refractivity contribution in [3.8, 4) is 0 Å². The van der Waals surface area contributed by atoms with Gasteiger partial charge in [-0.15, -0.1) is 0 Å². The van der Waals surface area contributed by atoms with Crippen LogP contribution in [-0.2, 0) is 25.3 Å². The maximum absolute atomic E-state index is 11.6. The molecule has 3 aromatic rings. The molecule has 0 spiro atoms. The fourth-order valence-corrected chi connectivity index (χ4v) is 9.40. The molecule has 4 nitrogen and oxygen atoms in total. The van der Waals surface area contributed by atoms with Crippen LogP contribution in [0.1, 0.15) is 39.7 Å². The van der Waals surface area contributed by atoms with Gasteiger partial charge >= 0.3 is 5.97 Å². The SMILES string of the molecule is COC(=O)/C=C/C[C@@H](/C=C/[C@H](C)CO[Si](c1ccccc1)(c1ccccc1)C(C)(C)C)OCc1ccccc1. The third-order valence-electron chi connectivity index (χ3n) is 6.76. The Morgan fingerprint density at radius 1 is 0.846 bits per heavy atom. The Hall–Kier alpha value is -3.25. The molecule has 0 heterocycles. The molecule has 0 fully saturated rings. The smallest absolute Gasteiger partial charge is 0.330 e. The van der Waals surface area contributed by atoms with Crippen molar-refractivity contribution in [2.75, 3.05) is 13.7 Å². The van der Waals surface area contributed by atoms with Gasteiger partial charge in [0.05, 0.1) is 19.8 Å². The number of rotatable bonds is 13. The molecule has 0 aromatic heterocycles. The van der Waals surface area contributed by atoms with Crippen LogP contribution in [0.25, 0.3) is 0 Å². The Morgan fingerprint density at radius 3 is 1.90 bits per heavy atom. The van der Waals surface area contributed by atoms with E-state index < -0.39 is 8.32 Å². The Bertz CT molecular complexity index is 1140. The molecular weight excluding hydrogens is 500 g/mol. The van der Waals surface area contributed by atoms with Crippen LogP contribution < -0.4 is 10.4 Å². The molecule has 0 amide bonds. The molecule has 0 unspecified atom stereocenters. The molecule has 0 bridgehead atoms. The molecule has 3 rings (SSSR count). The largest absolute Gasteiger partial charge is 0.466 e. The van der Waals surface area contributed by atoms with Crippen molar-refractivity contribution in [1.29, 1.82) is 0 Å². The minimum atomic E-state index is -2.59. The van der Waals surface area contributed by atoms with Gasteiger partial charge in [0, 0.05) is 12.7 Å². The molecule has 0 aliphatic carbocycles. The quantitative estimate of drug-likeness (QED) is 0.108. The van der Waals surface area contributed by atoms with E-state index in [1.807, 2.05) is 30.3 Å². The Balaban J connectivity index is 1.79. The molecule has 5 heteroatoms. The van der Waals surface area contributed by atoms with Gasteiger partial charge in [0.15, 0.2) is 0 Å². The highest BCUT2D eigenvalue weighted by atomic mass is 28.4. The first-order chi connectivity index (χ1) is 18.8. The van der Waals surface area contributed by atoms with Crippen LogP contribution in [0.2, 0.25) is 5.04 Å². The first kappa shape index (κ1) is 30.3. The number of esters is 1. The van der Waals surface area contributed by atoms with Crippen molar-refractivity contribution >= 4 is 24.7 Å². The zero-order valence-corrected chi connectivity index (χ0v) is 24.9. The fourth-order valence-electron chi connectivity index (χ4n) is 4.73. The normalized spacial score (nSPS) is 14.0. The van der Waals surface area contributed by atoms with Crippen molar-refractivity contribution in [1.82, 2.24) is 0 Å². The molecule has 0 N–H and O–H groups in total. The number of benzene rings is 3. The predicted molar refractivity (Wildman–Crippen MR) is 163 cm³/mol. The van der Waals surface area contributed by atoms with Crippen molar-refractivity contribution in [3.63, 3.8) is 0 Å². The van der Waals surface area contributed by atoms with E-state index in [0.29, 0.717) is 19.6 Å². The highest BCUT2D eigenvalue weighted by Gasteiger charge is 2.50. The molecular formula is C34H42O4Si. The van der Waals surface area contributed by atoms with Crippen LogP contribution in [0, 0.1) is 5.92 Å². The van der Waals surface area contributed by atoms with Gasteiger partial charge in [-0.1, -0.05) is 137 Å². The average molecular weight is 543 g/mol. The van der Waals surface area contributed by atoms with Gasteiger partial charge in [-0.2, -0.15) is 0 Å². The van der Waals surface area contributed by atoms with Crippen molar-refractivity contribution < 1.29 is 18.7 Å². The maximum atomic E-state index is 11.6. The Labute approximate surface area is 235 Å². The lowest BCUT2D eigenvalue weighted by Crippen LogP contribution is -2.66. The van der Waals surface area contributed by atoms with Crippen molar-refractivity contribution in [3.05, 3.63) is 121 Å². The number of carbonyl (C=O) groups is 1. The van der Waals surface area contributed by atoms with E-state index in [2.05, 4.69) is 101 Å². The molecule has 3 aromatic carbocycles. The predicted octanol–water partition coefficient (Wildman–Crippen LogP) is 6.46.